The Morgan fingerprint density at radius 2 is 1.78 bits per heavy atom. The molecule has 2 rings (SSSR count). The molecule has 1 amide bonds. The average molecular weight is 389 g/mol. The van der Waals surface area contributed by atoms with Gasteiger partial charge in [-0.15, -0.1) is 0 Å². The summed E-state index contributed by atoms with van der Waals surface area (Å²) in [5.41, 5.74) is 2.64. The van der Waals surface area contributed by atoms with Gasteiger partial charge in [0.15, 0.2) is 5.96 Å². The van der Waals surface area contributed by atoms with Gasteiger partial charge in [-0.2, -0.15) is 11.8 Å². The standard InChI is InChI=1S/C20H25FN4OS/c1-22-20(24-11-10-23-19(26)15-6-4-3-5-7-15)25-13-16-8-9-18(21)12-17(16)14-27-2/h3-9,12H,10-11,13-14H2,1-2H3,(H,23,26)(H2,22,24,25). The summed E-state index contributed by atoms with van der Waals surface area (Å²) >= 11 is 1.65. The fraction of sp³-hybridized carbons (Fsp3) is 0.300. The van der Waals surface area contributed by atoms with Gasteiger partial charge in [-0.05, 0) is 41.6 Å². The van der Waals surface area contributed by atoms with Crippen molar-refractivity contribution in [3.05, 3.63) is 71.0 Å². The van der Waals surface area contributed by atoms with Gasteiger partial charge in [0.05, 0.1) is 0 Å². The third-order valence-electron chi connectivity index (χ3n) is 3.88. The van der Waals surface area contributed by atoms with Crippen molar-refractivity contribution in [2.24, 2.45) is 4.99 Å². The van der Waals surface area contributed by atoms with E-state index in [9.17, 15) is 9.18 Å². The maximum absolute atomic E-state index is 13.4. The molecule has 0 aliphatic carbocycles. The van der Waals surface area contributed by atoms with Crippen molar-refractivity contribution in [2.75, 3.05) is 26.4 Å². The van der Waals surface area contributed by atoms with Gasteiger partial charge in [-0.25, -0.2) is 4.39 Å². The number of hydrogen-bond acceptors (Lipinski definition) is 3. The van der Waals surface area contributed by atoms with Crippen molar-refractivity contribution in [3.63, 3.8) is 0 Å². The summed E-state index contributed by atoms with van der Waals surface area (Å²) < 4.78 is 13.4. The quantitative estimate of drug-likeness (QED) is 0.370. The Kier molecular flexibility index (Phi) is 8.64. The molecule has 0 heterocycles. The first-order valence-corrected chi connectivity index (χ1v) is 10.1. The Bertz CT molecular complexity index is 768. The Labute approximate surface area is 163 Å². The minimum atomic E-state index is -0.223. The minimum Gasteiger partial charge on any atom is -0.355 e. The highest BCUT2D eigenvalue weighted by Gasteiger charge is 2.06. The number of nitrogens with one attached hydrogen (secondary N) is 3. The van der Waals surface area contributed by atoms with E-state index in [2.05, 4.69) is 20.9 Å². The molecule has 0 atom stereocenters. The molecule has 0 saturated heterocycles. The second-order valence-corrected chi connectivity index (χ2v) is 6.69. The number of guanidine groups is 1. The SMILES string of the molecule is CN=C(NCCNC(=O)c1ccccc1)NCc1ccc(F)cc1CSC. The van der Waals surface area contributed by atoms with Gasteiger partial charge >= 0.3 is 0 Å². The van der Waals surface area contributed by atoms with Gasteiger partial charge in [0.2, 0.25) is 0 Å². The van der Waals surface area contributed by atoms with Crippen LogP contribution in [0.3, 0.4) is 0 Å². The predicted octanol–water partition coefficient (Wildman–Crippen LogP) is 2.78. The summed E-state index contributed by atoms with van der Waals surface area (Å²) in [4.78, 5) is 16.2. The van der Waals surface area contributed by atoms with E-state index in [1.54, 1.807) is 43.1 Å². The Hall–Kier alpha value is -2.54. The van der Waals surface area contributed by atoms with Crippen molar-refractivity contribution < 1.29 is 9.18 Å². The molecule has 0 aromatic heterocycles. The molecular formula is C20H25FN4OS. The molecule has 27 heavy (non-hydrogen) atoms. The lowest BCUT2D eigenvalue weighted by atomic mass is 10.1. The van der Waals surface area contributed by atoms with Gasteiger partial charge in [-0.1, -0.05) is 24.3 Å². The summed E-state index contributed by atoms with van der Waals surface area (Å²) in [6.45, 7) is 1.56. The maximum Gasteiger partial charge on any atom is 0.251 e. The molecule has 0 unspecified atom stereocenters. The molecule has 0 spiro atoms. The summed E-state index contributed by atoms with van der Waals surface area (Å²) in [5.74, 6) is 1.06. The van der Waals surface area contributed by atoms with Gasteiger partial charge in [-0.3, -0.25) is 9.79 Å². The number of carbonyl (C=O) groups is 1. The van der Waals surface area contributed by atoms with E-state index < -0.39 is 0 Å². The number of hydrogen-bond donors (Lipinski definition) is 3. The van der Waals surface area contributed by atoms with E-state index in [1.165, 1.54) is 6.07 Å². The first kappa shape index (κ1) is 20.8. The fourth-order valence-electron chi connectivity index (χ4n) is 2.50. The van der Waals surface area contributed by atoms with Crippen molar-refractivity contribution in [2.45, 2.75) is 12.3 Å². The van der Waals surface area contributed by atoms with E-state index >= 15 is 0 Å². The molecule has 7 heteroatoms. The normalized spacial score (nSPS) is 11.1. The number of thioether (sulfide) groups is 1. The molecule has 5 nitrogen and oxygen atoms in total. The second-order valence-electron chi connectivity index (χ2n) is 5.82. The summed E-state index contributed by atoms with van der Waals surface area (Å²) in [6, 6.07) is 13.9. The van der Waals surface area contributed by atoms with Crippen LogP contribution in [0.2, 0.25) is 0 Å². The number of halogens is 1. The molecule has 0 radical (unpaired) electrons. The van der Waals surface area contributed by atoms with Crippen LogP contribution >= 0.6 is 11.8 Å². The Morgan fingerprint density at radius 1 is 1.04 bits per heavy atom. The van der Waals surface area contributed by atoms with E-state index in [1.807, 2.05) is 24.5 Å². The predicted molar refractivity (Wildman–Crippen MR) is 111 cm³/mol. The number of aliphatic imine (C=N–C) groups is 1. The number of rotatable bonds is 8. The molecule has 0 aliphatic rings. The molecule has 0 bridgehead atoms. The third kappa shape index (κ3) is 6.94. The van der Waals surface area contributed by atoms with Crippen LogP contribution in [0, 0.1) is 5.82 Å². The monoisotopic (exact) mass is 388 g/mol. The summed E-state index contributed by atoms with van der Waals surface area (Å²) in [5, 5.41) is 9.23. The van der Waals surface area contributed by atoms with Gasteiger partial charge in [0.1, 0.15) is 5.82 Å². The van der Waals surface area contributed by atoms with Crippen LogP contribution in [0.1, 0.15) is 21.5 Å². The van der Waals surface area contributed by atoms with Crippen molar-refractivity contribution >= 4 is 23.6 Å². The average Bonchev–Trinajstić information content (AvgIpc) is 2.69. The van der Waals surface area contributed by atoms with Crippen LogP contribution < -0.4 is 16.0 Å². The minimum absolute atomic E-state index is 0.103. The highest BCUT2D eigenvalue weighted by molar-refractivity contribution is 7.97. The molecule has 2 aromatic rings. The second kappa shape index (κ2) is 11.2. The van der Waals surface area contributed by atoms with Gasteiger partial charge < -0.3 is 16.0 Å². The van der Waals surface area contributed by atoms with Crippen LogP contribution in [-0.4, -0.2) is 38.3 Å². The lowest BCUT2D eigenvalue weighted by molar-refractivity contribution is 0.0954. The van der Waals surface area contributed by atoms with Crippen molar-refractivity contribution in [1.29, 1.82) is 0 Å². The first-order valence-electron chi connectivity index (χ1n) is 8.68. The largest absolute Gasteiger partial charge is 0.355 e. The van der Waals surface area contributed by atoms with Crippen LogP contribution in [0.4, 0.5) is 4.39 Å². The zero-order valence-electron chi connectivity index (χ0n) is 15.6. The molecule has 0 fully saturated rings. The third-order valence-corrected chi connectivity index (χ3v) is 4.48. The van der Waals surface area contributed by atoms with Gasteiger partial charge in [0.25, 0.3) is 5.91 Å². The Balaban J connectivity index is 1.77. The van der Waals surface area contributed by atoms with Crippen LogP contribution in [0.15, 0.2) is 53.5 Å². The number of nitrogens with zero attached hydrogens (tertiary/aromatic N) is 1. The lowest BCUT2D eigenvalue weighted by Crippen LogP contribution is -2.41. The van der Waals surface area contributed by atoms with Crippen molar-refractivity contribution in [3.8, 4) is 0 Å². The first-order chi connectivity index (χ1) is 13.1. The topological polar surface area (TPSA) is 65.5 Å². The van der Waals surface area contributed by atoms with Gasteiger partial charge in [0, 0.05) is 38.0 Å². The molecule has 0 aliphatic heterocycles. The fourth-order valence-corrected chi connectivity index (χ4v) is 3.08. The zero-order chi connectivity index (χ0) is 19.5. The number of amides is 1. The molecular weight excluding hydrogens is 363 g/mol. The van der Waals surface area contributed by atoms with Crippen LogP contribution in [-0.2, 0) is 12.3 Å². The number of carbonyl (C=O) groups excluding carboxylic acids is 1. The summed E-state index contributed by atoms with van der Waals surface area (Å²) in [7, 11) is 1.69. The maximum atomic E-state index is 13.4. The number of benzene rings is 2. The Morgan fingerprint density at radius 3 is 2.48 bits per heavy atom. The molecule has 144 valence electrons. The van der Waals surface area contributed by atoms with Crippen LogP contribution in [0.5, 0.6) is 0 Å². The van der Waals surface area contributed by atoms with E-state index in [4.69, 9.17) is 0 Å². The van der Waals surface area contributed by atoms with E-state index in [-0.39, 0.29) is 11.7 Å². The molecule has 0 saturated carbocycles. The van der Waals surface area contributed by atoms with E-state index in [0.717, 1.165) is 16.9 Å². The molecule has 2 aromatic carbocycles. The smallest absolute Gasteiger partial charge is 0.251 e. The van der Waals surface area contributed by atoms with Crippen LogP contribution in [0.25, 0.3) is 0 Å². The zero-order valence-corrected chi connectivity index (χ0v) is 16.4. The van der Waals surface area contributed by atoms with E-state index in [0.29, 0.717) is 31.2 Å². The van der Waals surface area contributed by atoms with Crippen molar-refractivity contribution in [1.82, 2.24) is 16.0 Å². The molecule has 3 N–H and O–H groups in total. The highest BCUT2D eigenvalue weighted by atomic mass is 32.2. The summed E-state index contributed by atoms with van der Waals surface area (Å²) in [6.07, 6.45) is 1.99. The highest BCUT2D eigenvalue weighted by Crippen LogP contribution is 2.16. The lowest BCUT2D eigenvalue weighted by Gasteiger charge is -2.14.